The number of hydrogen-bond acceptors (Lipinski definition) is 3. The Kier molecular flexibility index (Phi) is 3.06. The summed E-state index contributed by atoms with van der Waals surface area (Å²) in [6, 6.07) is 5.15. The first-order chi connectivity index (χ1) is 6.87. The van der Waals surface area contributed by atoms with Gasteiger partial charge in [0.2, 0.25) is 0 Å². The van der Waals surface area contributed by atoms with Gasteiger partial charge in [-0.3, -0.25) is 0 Å². The maximum atomic E-state index is 13.2. The molecule has 1 aromatic rings. The number of hydrogen-bond donors (Lipinski definition) is 3. The molecule has 0 heterocycles. The normalized spacial score (nSPS) is 16.8. The van der Waals surface area contributed by atoms with E-state index >= 15 is 0 Å². The van der Waals surface area contributed by atoms with E-state index in [4.69, 9.17) is 5.11 Å². The third kappa shape index (κ3) is 2.14. The molecule has 0 fully saturated rings. The van der Waals surface area contributed by atoms with Crippen LogP contribution in [0.15, 0.2) is 24.3 Å². The highest BCUT2D eigenvalue weighted by Gasteiger charge is 2.40. The van der Waals surface area contributed by atoms with Crippen LogP contribution in [0.25, 0.3) is 0 Å². The van der Waals surface area contributed by atoms with Gasteiger partial charge >= 0.3 is 5.97 Å². The fraction of sp³-hybridized carbons (Fsp3) is 0.300. The highest BCUT2D eigenvalue weighted by Crippen LogP contribution is 2.27. The number of halogens is 1. The summed E-state index contributed by atoms with van der Waals surface area (Å²) in [5.41, 5.74) is -2.66. The Hall–Kier alpha value is -1.46. The van der Waals surface area contributed by atoms with Crippen LogP contribution in [0.5, 0.6) is 0 Å². The molecule has 0 aliphatic carbocycles. The van der Waals surface area contributed by atoms with Crippen LogP contribution in [0.3, 0.4) is 0 Å². The zero-order chi connectivity index (χ0) is 11.6. The lowest BCUT2D eigenvalue weighted by Crippen LogP contribution is -2.41. The van der Waals surface area contributed by atoms with Crippen LogP contribution in [0.1, 0.15) is 18.6 Å². The third-order valence-electron chi connectivity index (χ3n) is 2.17. The van der Waals surface area contributed by atoms with Gasteiger partial charge in [-0.05, 0) is 13.0 Å². The summed E-state index contributed by atoms with van der Waals surface area (Å²) in [7, 11) is 0. The zero-order valence-electron chi connectivity index (χ0n) is 8.01. The molecule has 82 valence electrons. The molecule has 0 aromatic heterocycles. The first-order valence-electron chi connectivity index (χ1n) is 4.25. The van der Waals surface area contributed by atoms with E-state index < -0.39 is 23.5 Å². The van der Waals surface area contributed by atoms with E-state index in [0.29, 0.717) is 0 Å². The standard InChI is InChI=1S/C10H11FO4/c1-10(15,9(13)14)8(12)6-4-2-3-5-7(6)11/h2-5,8,12,15H,1H3,(H,13,14). The van der Waals surface area contributed by atoms with Crippen LogP contribution in [-0.2, 0) is 4.79 Å². The number of carbonyl (C=O) groups is 1. The topological polar surface area (TPSA) is 77.8 Å². The molecule has 0 spiro atoms. The lowest BCUT2D eigenvalue weighted by molar-refractivity contribution is -0.169. The first-order valence-corrected chi connectivity index (χ1v) is 4.25. The third-order valence-corrected chi connectivity index (χ3v) is 2.17. The Bertz CT molecular complexity index is 375. The molecule has 3 N–H and O–H groups in total. The van der Waals surface area contributed by atoms with Crippen molar-refractivity contribution in [3.05, 3.63) is 35.6 Å². The number of aliphatic hydroxyl groups excluding tert-OH is 1. The van der Waals surface area contributed by atoms with Gasteiger partial charge in [0.25, 0.3) is 0 Å². The fourth-order valence-electron chi connectivity index (χ4n) is 1.12. The van der Waals surface area contributed by atoms with Crippen molar-refractivity contribution in [3.8, 4) is 0 Å². The molecule has 0 bridgehead atoms. The van der Waals surface area contributed by atoms with Crippen LogP contribution in [-0.4, -0.2) is 26.9 Å². The van der Waals surface area contributed by atoms with E-state index in [2.05, 4.69) is 0 Å². The molecule has 0 saturated heterocycles. The molecule has 0 aliphatic heterocycles. The van der Waals surface area contributed by atoms with Crippen molar-refractivity contribution < 1.29 is 24.5 Å². The van der Waals surface area contributed by atoms with E-state index in [-0.39, 0.29) is 5.56 Å². The second-order valence-corrected chi connectivity index (χ2v) is 3.38. The molecule has 15 heavy (non-hydrogen) atoms. The summed E-state index contributed by atoms with van der Waals surface area (Å²) >= 11 is 0. The lowest BCUT2D eigenvalue weighted by Gasteiger charge is -2.24. The minimum Gasteiger partial charge on any atom is -0.479 e. The summed E-state index contributed by atoms with van der Waals surface area (Å²) < 4.78 is 13.2. The Morgan fingerprint density at radius 1 is 1.47 bits per heavy atom. The average molecular weight is 214 g/mol. The van der Waals surface area contributed by atoms with E-state index in [0.717, 1.165) is 13.0 Å². The maximum Gasteiger partial charge on any atom is 0.338 e. The number of carboxylic acid groups (broad SMARTS) is 1. The van der Waals surface area contributed by atoms with Crippen molar-refractivity contribution in [3.63, 3.8) is 0 Å². The molecule has 2 atom stereocenters. The van der Waals surface area contributed by atoms with E-state index in [1.54, 1.807) is 0 Å². The SMILES string of the molecule is CC(O)(C(=O)O)C(O)c1ccccc1F. The van der Waals surface area contributed by atoms with Crippen molar-refractivity contribution in [2.45, 2.75) is 18.6 Å². The highest BCUT2D eigenvalue weighted by atomic mass is 19.1. The summed E-state index contributed by atoms with van der Waals surface area (Å²) in [5, 5.41) is 27.6. The summed E-state index contributed by atoms with van der Waals surface area (Å²) in [6.45, 7) is 0.909. The van der Waals surface area contributed by atoms with E-state index in [9.17, 15) is 19.4 Å². The maximum absolute atomic E-state index is 13.2. The second kappa shape index (κ2) is 3.96. The molecule has 0 radical (unpaired) electrons. The molecule has 1 rings (SSSR count). The van der Waals surface area contributed by atoms with Crippen molar-refractivity contribution >= 4 is 5.97 Å². The van der Waals surface area contributed by atoms with Gasteiger partial charge in [-0.2, -0.15) is 0 Å². The largest absolute Gasteiger partial charge is 0.479 e. The first kappa shape index (κ1) is 11.6. The molecular weight excluding hydrogens is 203 g/mol. The van der Waals surface area contributed by atoms with Crippen LogP contribution < -0.4 is 0 Å². The lowest BCUT2D eigenvalue weighted by atomic mass is 9.93. The summed E-state index contributed by atoms with van der Waals surface area (Å²) in [5.74, 6) is -2.37. The quantitative estimate of drug-likeness (QED) is 0.692. The summed E-state index contributed by atoms with van der Waals surface area (Å²) in [6.07, 6.45) is -1.81. The average Bonchev–Trinajstić information content (AvgIpc) is 2.17. The molecular formula is C10H11FO4. The molecule has 2 unspecified atom stereocenters. The van der Waals surface area contributed by atoms with E-state index in [1.807, 2.05) is 0 Å². The molecule has 0 saturated carbocycles. The predicted octanol–water partition coefficient (Wildman–Crippen LogP) is 0.695. The van der Waals surface area contributed by atoms with Gasteiger partial charge in [-0.25, -0.2) is 9.18 Å². The van der Waals surface area contributed by atoms with Crippen molar-refractivity contribution in [1.82, 2.24) is 0 Å². The van der Waals surface area contributed by atoms with Crippen molar-refractivity contribution in [1.29, 1.82) is 0 Å². The Labute approximate surface area is 85.6 Å². The highest BCUT2D eigenvalue weighted by molar-refractivity contribution is 5.77. The van der Waals surface area contributed by atoms with Gasteiger partial charge in [0.1, 0.15) is 11.9 Å². The molecule has 1 aromatic carbocycles. The van der Waals surface area contributed by atoms with Gasteiger partial charge in [-0.15, -0.1) is 0 Å². The number of carboxylic acids is 1. The minimum absolute atomic E-state index is 0.245. The monoisotopic (exact) mass is 214 g/mol. The molecule has 0 amide bonds. The second-order valence-electron chi connectivity index (χ2n) is 3.38. The van der Waals surface area contributed by atoms with Gasteiger partial charge in [0.05, 0.1) is 0 Å². The molecule has 0 aliphatic rings. The van der Waals surface area contributed by atoms with Crippen molar-refractivity contribution in [2.75, 3.05) is 0 Å². The number of aliphatic hydroxyl groups is 2. The molecule has 5 heteroatoms. The van der Waals surface area contributed by atoms with Crippen LogP contribution in [0, 0.1) is 5.82 Å². The minimum atomic E-state index is -2.41. The van der Waals surface area contributed by atoms with Crippen molar-refractivity contribution in [2.24, 2.45) is 0 Å². The van der Waals surface area contributed by atoms with Crippen LogP contribution in [0.2, 0.25) is 0 Å². The smallest absolute Gasteiger partial charge is 0.338 e. The number of benzene rings is 1. The van der Waals surface area contributed by atoms with Crippen LogP contribution in [0.4, 0.5) is 4.39 Å². The van der Waals surface area contributed by atoms with E-state index in [1.165, 1.54) is 18.2 Å². The number of aliphatic carboxylic acids is 1. The zero-order valence-corrected chi connectivity index (χ0v) is 8.01. The Morgan fingerprint density at radius 3 is 2.47 bits per heavy atom. The van der Waals surface area contributed by atoms with Crippen LogP contribution >= 0.6 is 0 Å². The number of rotatable bonds is 3. The Balaban J connectivity index is 3.10. The van der Waals surface area contributed by atoms with Gasteiger partial charge < -0.3 is 15.3 Å². The molecule has 4 nitrogen and oxygen atoms in total. The van der Waals surface area contributed by atoms with Gasteiger partial charge in [0, 0.05) is 5.56 Å². The predicted molar refractivity (Wildman–Crippen MR) is 49.6 cm³/mol. The van der Waals surface area contributed by atoms with Gasteiger partial charge in [0.15, 0.2) is 5.60 Å². The Morgan fingerprint density at radius 2 is 2.00 bits per heavy atom. The van der Waals surface area contributed by atoms with Gasteiger partial charge in [-0.1, -0.05) is 18.2 Å². The summed E-state index contributed by atoms with van der Waals surface area (Å²) in [4.78, 5) is 10.6. The fourth-order valence-corrected chi connectivity index (χ4v) is 1.12.